The molecule has 124 valence electrons. The highest BCUT2D eigenvalue weighted by molar-refractivity contribution is 9.10. The fourth-order valence-corrected chi connectivity index (χ4v) is 3.91. The van der Waals surface area contributed by atoms with E-state index in [-0.39, 0.29) is 11.4 Å². The predicted octanol–water partition coefficient (Wildman–Crippen LogP) is 3.25. The Morgan fingerprint density at radius 1 is 1.04 bits per heavy atom. The summed E-state index contributed by atoms with van der Waals surface area (Å²) in [6.07, 6.45) is 0. The van der Waals surface area contributed by atoms with Gasteiger partial charge in [0.25, 0.3) is 0 Å². The van der Waals surface area contributed by atoms with Gasteiger partial charge in [0.2, 0.25) is 10.0 Å². The van der Waals surface area contributed by atoms with Crippen molar-refractivity contribution in [1.82, 2.24) is 4.72 Å². The first-order chi connectivity index (χ1) is 10.9. The number of benzene rings is 2. The van der Waals surface area contributed by atoms with Crippen molar-refractivity contribution in [2.75, 3.05) is 14.2 Å². The standard InChI is InChI=1S/C16H18BrNO4S/c1-11-4-6-13(17)9-16(11)23(19,20)18-10-12-5-7-14(21-2)15(8-12)22-3/h4-9,18H,10H2,1-3H3. The minimum absolute atomic E-state index is 0.161. The minimum atomic E-state index is -3.60. The normalized spacial score (nSPS) is 11.3. The van der Waals surface area contributed by atoms with Crippen molar-refractivity contribution in [2.24, 2.45) is 0 Å². The molecular weight excluding hydrogens is 382 g/mol. The van der Waals surface area contributed by atoms with E-state index in [0.29, 0.717) is 17.1 Å². The molecule has 2 aromatic carbocycles. The Balaban J connectivity index is 2.21. The van der Waals surface area contributed by atoms with Gasteiger partial charge in [-0.05, 0) is 42.3 Å². The second kappa shape index (κ2) is 7.33. The number of hydrogen-bond acceptors (Lipinski definition) is 4. The van der Waals surface area contributed by atoms with Crippen LogP contribution in [0.5, 0.6) is 11.5 Å². The molecule has 0 saturated heterocycles. The Bertz CT molecular complexity index is 806. The predicted molar refractivity (Wildman–Crippen MR) is 92.5 cm³/mol. The second-order valence-corrected chi connectivity index (χ2v) is 7.57. The zero-order chi connectivity index (χ0) is 17.0. The maximum atomic E-state index is 12.5. The maximum Gasteiger partial charge on any atom is 0.241 e. The van der Waals surface area contributed by atoms with E-state index in [1.54, 1.807) is 44.4 Å². The molecule has 5 nitrogen and oxygen atoms in total. The van der Waals surface area contributed by atoms with Gasteiger partial charge in [0, 0.05) is 11.0 Å². The van der Waals surface area contributed by atoms with Gasteiger partial charge in [-0.1, -0.05) is 28.1 Å². The van der Waals surface area contributed by atoms with Crippen LogP contribution in [0.15, 0.2) is 45.8 Å². The Morgan fingerprint density at radius 2 is 1.74 bits per heavy atom. The summed E-state index contributed by atoms with van der Waals surface area (Å²) in [5.74, 6) is 1.16. The average molecular weight is 400 g/mol. The van der Waals surface area contributed by atoms with E-state index in [0.717, 1.165) is 10.0 Å². The van der Waals surface area contributed by atoms with Crippen LogP contribution in [-0.2, 0) is 16.6 Å². The van der Waals surface area contributed by atoms with Gasteiger partial charge in [0.15, 0.2) is 11.5 Å². The third-order valence-corrected chi connectivity index (χ3v) is 5.39. The molecule has 0 atom stereocenters. The molecule has 2 rings (SSSR count). The lowest BCUT2D eigenvalue weighted by Gasteiger charge is -2.12. The van der Waals surface area contributed by atoms with E-state index in [4.69, 9.17) is 9.47 Å². The lowest BCUT2D eigenvalue weighted by Crippen LogP contribution is -2.24. The lowest BCUT2D eigenvalue weighted by atomic mass is 10.2. The first-order valence-corrected chi connectivity index (χ1v) is 9.11. The van der Waals surface area contributed by atoms with Crippen LogP contribution in [-0.4, -0.2) is 22.6 Å². The molecule has 0 unspecified atom stereocenters. The topological polar surface area (TPSA) is 64.6 Å². The van der Waals surface area contributed by atoms with Crippen molar-refractivity contribution in [1.29, 1.82) is 0 Å². The van der Waals surface area contributed by atoms with Crippen molar-refractivity contribution in [2.45, 2.75) is 18.4 Å². The number of sulfonamides is 1. The molecule has 0 aliphatic carbocycles. The number of nitrogens with one attached hydrogen (secondary N) is 1. The monoisotopic (exact) mass is 399 g/mol. The number of hydrogen-bond donors (Lipinski definition) is 1. The molecular formula is C16H18BrNO4S. The third kappa shape index (κ3) is 4.25. The third-order valence-electron chi connectivity index (χ3n) is 3.35. The van der Waals surface area contributed by atoms with Gasteiger partial charge in [-0.25, -0.2) is 13.1 Å². The van der Waals surface area contributed by atoms with Gasteiger partial charge in [-0.3, -0.25) is 0 Å². The molecule has 0 bridgehead atoms. The molecule has 2 aromatic rings. The molecule has 0 heterocycles. The number of aryl methyl sites for hydroxylation is 1. The van der Waals surface area contributed by atoms with E-state index < -0.39 is 10.0 Å². The van der Waals surface area contributed by atoms with Gasteiger partial charge in [0.1, 0.15) is 0 Å². The van der Waals surface area contributed by atoms with Gasteiger partial charge < -0.3 is 9.47 Å². The van der Waals surface area contributed by atoms with Gasteiger partial charge in [-0.2, -0.15) is 0 Å². The van der Waals surface area contributed by atoms with E-state index in [2.05, 4.69) is 20.7 Å². The van der Waals surface area contributed by atoms with E-state index >= 15 is 0 Å². The molecule has 0 aliphatic rings. The molecule has 0 amide bonds. The van der Waals surface area contributed by atoms with Crippen LogP contribution >= 0.6 is 15.9 Å². The zero-order valence-electron chi connectivity index (χ0n) is 13.1. The summed E-state index contributed by atoms with van der Waals surface area (Å²) in [6.45, 7) is 1.92. The summed E-state index contributed by atoms with van der Waals surface area (Å²) in [7, 11) is -0.509. The van der Waals surface area contributed by atoms with Crippen LogP contribution in [0, 0.1) is 6.92 Å². The number of methoxy groups -OCH3 is 2. The largest absolute Gasteiger partial charge is 0.493 e. The van der Waals surface area contributed by atoms with Crippen LogP contribution < -0.4 is 14.2 Å². The van der Waals surface area contributed by atoms with Gasteiger partial charge >= 0.3 is 0 Å². The molecule has 0 saturated carbocycles. The van der Waals surface area contributed by atoms with Crippen LogP contribution in [0.25, 0.3) is 0 Å². The SMILES string of the molecule is COc1ccc(CNS(=O)(=O)c2cc(Br)ccc2C)cc1OC. The van der Waals surface area contributed by atoms with Crippen LogP contribution in [0.1, 0.15) is 11.1 Å². The van der Waals surface area contributed by atoms with Crippen LogP contribution in [0.4, 0.5) is 0 Å². The highest BCUT2D eigenvalue weighted by Crippen LogP contribution is 2.28. The molecule has 1 N–H and O–H groups in total. The van der Waals surface area contributed by atoms with Crippen molar-refractivity contribution in [3.05, 3.63) is 52.0 Å². The summed E-state index contributed by atoms with van der Waals surface area (Å²) in [5, 5.41) is 0. The van der Waals surface area contributed by atoms with Crippen molar-refractivity contribution in [3.63, 3.8) is 0 Å². The Kier molecular flexibility index (Phi) is 5.67. The quantitative estimate of drug-likeness (QED) is 0.809. The number of ether oxygens (including phenoxy) is 2. The molecule has 0 aliphatic heterocycles. The highest BCUT2D eigenvalue weighted by atomic mass is 79.9. The van der Waals surface area contributed by atoms with Crippen LogP contribution in [0.2, 0.25) is 0 Å². The summed E-state index contributed by atoms with van der Waals surface area (Å²) in [4.78, 5) is 0.257. The molecule has 23 heavy (non-hydrogen) atoms. The van der Waals surface area contributed by atoms with Gasteiger partial charge in [-0.15, -0.1) is 0 Å². The smallest absolute Gasteiger partial charge is 0.241 e. The Labute approximate surface area is 144 Å². The minimum Gasteiger partial charge on any atom is -0.493 e. The fraction of sp³-hybridized carbons (Fsp3) is 0.250. The summed E-state index contributed by atoms with van der Waals surface area (Å²) < 4.78 is 38.6. The first kappa shape index (κ1) is 17.8. The molecule has 0 spiro atoms. The number of rotatable bonds is 6. The molecule has 0 fully saturated rings. The first-order valence-electron chi connectivity index (χ1n) is 6.84. The van der Waals surface area contributed by atoms with E-state index in [1.165, 1.54) is 7.11 Å². The van der Waals surface area contributed by atoms with Gasteiger partial charge in [0.05, 0.1) is 19.1 Å². The fourth-order valence-electron chi connectivity index (χ4n) is 2.11. The zero-order valence-corrected chi connectivity index (χ0v) is 15.5. The summed E-state index contributed by atoms with van der Waals surface area (Å²) in [6, 6.07) is 10.4. The average Bonchev–Trinajstić information content (AvgIpc) is 2.54. The molecule has 0 aromatic heterocycles. The second-order valence-electron chi connectivity index (χ2n) is 4.92. The van der Waals surface area contributed by atoms with E-state index in [9.17, 15) is 8.42 Å². The van der Waals surface area contributed by atoms with Crippen molar-refractivity contribution in [3.8, 4) is 11.5 Å². The maximum absolute atomic E-state index is 12.5. The Morgan fingerprint density at radius 3 is 2.39 bits per heavy atom. The Hall–Kier alpha value is -1.57. The molecule has 7 heteroatoms. The highest BCUT2D eigenvalue weighted by Gasteiger charge is 2.17. The van der Waals surface area contributed by atoms with Crippen molar-refractivity contribution < 1.29 is 17.9 Å². The number of halogens is 1. The summed E-state index contributed by atoms with van der Waals surface area (Å²) >= 11 is 3.30. The lowest BCUT2D eigenvalue weighted by molar-refractivity contribution is 0.354. The van der Waals surface area contributed by atoms with Crippen LogP contribution in [0.3, 0.4) is 0 Å². The van der Waals surface area contributed by atoms with Crippen molar-refractivity contribution >= 4 is 26.0 Å². The summed E-state index contributed by atoms with van der Waals surface area (Å²) in [5.41, 5.74) is 1.46. The van der Waals surface area contributed by atoms with E-state index in [1.807, 2.05) is 6.07 Å². The molecule has 0 radical (unpaired) electrons.